The molecule has 6 nitrogen and oxygen atoms in total. The Hall–Kier alpha value is -2.38. The Balaban J connectivity index is 1.47. The first-order valence-electron chi connectivity index (χ1n) is 8.91. The molecular weight excluding hydrogens is 348 g/mol. The number of carbonyl (C=O) groups excluding carboxylic acids is 1. The molecule has 1 fully saturated rings. The van der Waals surface area contributed by atoms with Gasteiger partial charge in [-0.25, -0.2) is 0 Å². The van der Waals surface area contributed by atoms with Gasteiger partial charge in [0.05, 0.1) is 23.3 Å². The zero-order valence-electron chi connectivity index (χ0n) is 14.5. The fraction of sp³-hybridized carbons (Fsp3) is 0.368. The number of thiophene rings is 1. The van der Waals surface area contributed by atoms with E-state index >= 15 is 0 Å². The molecule has 0 bridgehead atoms. The standard InChI is InChI=1S/C19H20N4O2S/c1-22-9-12-6-15(16(24)8-14(12)21-22)23-10-18-13(19(23)25)7-17(26-18)11-2-4-20-5-3-11/h6-9,11,20,24H,2-5,10H2,1H3. The molecule has 2 aliphatic rings. The average molecular weight is 368 g/mol. The smallest absolute Gasteiger partial charge is 0.259 e. The number of benzene rings is 1. The SMILES string of the molecule is Cn1cc2cc(N3Cc4sc(C5CCNCC5)cc4C3=O)c(O)cc2n1. The van der Waals surface area contributed by atoms with Crippen LogP contribution in [0.2, 0.25) is 0 Å². The van der Waals surface area contributed by atoms with E-state index in [4.69, 9.17) is 0 Å². The van der Waals surface area contributed by atoms with Gasteiger partial charge in [0.25, 0.3) is 5.91 Å². The summed E-state index contributed by atoms with van der Waals surface area (Å²) in [5.41, 5.74) is 2.08. The normalized spacial score (nSPS) is 18.0. The number of aromatic nitrogens is 2. The molecule has 3 aromatic rings. The molecule has 2 aliphatic heterocycles. The average Bonchev–Trinajstić information content (AvgIpc) is 3.29. The van der Waals surface area contributed by atoms with Gasteiger partial charge < -0.3 is 10.4 Å². The molecule has 1 aromatic carbocycles. The van der Waals surface area contributed by atoms with Crippen LogP contribution in [0.5, 0.6) is 5.75 Å². The minimum Gasteiger partial charge on any atom is -0.506 e. The highest BCUT2D eigenvalue weighted by Crippen LogP contribution is 2.42. The molecule has 0 radical (unpaired) electrons. The lowest BCUT2D eigenvalue weighted by atomic mass is 9.96. The number of carbonyl (C=O) groups is 1. The maximum atomic E-state index is 13.0. The van der Waals surface area contributed by atoms with Gasteiger partial charge in [0.2, 0.25) is 0 Å². The number of phenols is 1. The van der Waals surface area contributed by atoms with E-state index in [2.05, 4.69) is 16.5 Å². The summed E-state index contributed by atoms with van der Waals surface area (Å²) in [6.07, 6.45) is 4.16. The van der Waals surface area contributed by atoms with E-state index in [0.29, 0.717) is 18.2 Å². The predicted octanol–water partition coefficient (Wildman–Crippen LogP) is 2.97. The highest BCUT2D eigenvalue weighted by atomic mass is 32.1. The largest absolute Gasteiger partial charge is 0.506 e. The summed E-state index contributed by atoms with van der Waals surface area (Å²) in [4.78, 5) is 17.1. The molecule has 1 saturated heterocycles. The monoisotopic (exact) mass is 368 g/mol. The summed E-state index contributed by atoms with van der Waals surface area (Å²) in [6.45, 7) is 2.63. The molecule has 7 heteroatoms. The van der Waals surface area contributed by atoms with Gasteiger partial charge >= 0.3 is 0 Å². The highest BCUT2D eigenvalue weighted by Gasteiger charge is 2.34. The first-order chi connectivity index (χ1) is 12.6. The summed E-state index contributed by atoms with van der Waals surface area (Å²) in [5.74, 6) is 0.640. The van der Waals surface area contributed by atoms with Gasteiger partial charge in [0.1, 0.15) is 5.75 Å². The van der Waals surface area contributed by atoms with Gasteiger partial charge in [0.15, 0.2) is 0 Å². The van der Waals surface area contributed by atoms with Crippen LogP contribution in [0.15, 0.2) is 24.4 Å². The van der Waals surface area contributed by atoms with Crippen molar-refractivity contribution in [3.8, 4) is 5.75 Å². The molecule has 0 spiro atoms. The number of anilines is 1. The van der Waals surface area contributed by atoms with E-state index in [1.54, 1.807) is 27.0 Å². The number of phenolic OH excluding ortho intramolecular Hbond substituents is 1. The molecule has 2 aromatic heterocycles. The van der Waals surface area contributed by atoms with E-state index < -0.39 is 0 Å². The highest BCUT2D eigenvalue weighted by molar-refractivity contribution is 7.12. The van der Waals surface area contributed by atoms with Gasteiger partial charge in [-0.1, -0.05) is 0 Å². The second-order valence-electron chi connectivity index (χ2n) is 7.10. The first kappa shape index (κ1) is 15.8. The molecule has 0 saturated carbocycles. The lowest BCUT2D eigenvalue weighted by Crippen LogP contribution is -2.26. The Bertz CT molecular complexity index is 1020. The van der Waals surface area contributed by atoms with Gasteiger partial charge in [-0.3, -0.25) is 14.4 Å². The Labute approximate surface area is 155 Å². The predicted molar refractivity (Wildman–Crippen MR) is 102 cm³/mol. The molecule has 1 amide bonds. The van der Waals surface area contributed by atoms with Gasteiger partial charge in [-0.15, -0.1) is 11.3 Å². The number of aromatic hydroxyl groups is 1. The van der Waals surface area contributed by atoms with Crippen LogP contribution in [0.1, 0.15) is 38.9 Å². The molecule has 134 valence electrons. The molecule has 0 aliphatic carbocycles. The second kappa shape index (κ2) is 5.82. The van der Waals surface area contributed by atoms with Crippen LogP contribution in [-0.2, 0) is 13.6 Å². The second-order valence-corrected chi connectivity index (χ2v) is 8.27. The Morgan fingerprint density at radius 1 is 1.27 bits per heavy atom. The minimum atomic E-state index is -0.0185. The minimum absolute atomic E-state index is 0.0185. The number of nitrogens with zero attached hydrogens (tertiary/aromatic N) is 3. The number of piperidine rings is 1. The van der Waals surface area contributed by atoms with Crippen LogP contribution < -0.4 is 10.2 Å². The quantitative estimate of drug-likeness (QED) is 0.730. The van der Waals surface area contributed by atoms with Gasteiger partial charge in [0, 0.05) is 34.5 Å². The van der Waals surface area contributed by atoms with Crippen molar-refractivity contribution in [3.05, 3.63) is 39.7 Å². The van der Waals surface area contributed by atoms with Gasteiger partial charge in [-0.2, -0.15) is 5.10 Å². The van der Waals surface area contributed by atoms with Gasteiger partial charge in [-0.05, 0) is 44.0 Å². The molecular formula is C19H20N4O2S. The van der Waals surface area contributed by atoms with E-state index in [0.717, 1.165) is 47.3 Å². The summed E-state index contributed by atoms with van der Waals surface area (Å²) in [5, 5.41) is 19.0. The summed E-state index contributed by atoms with van der Waals surface area (Å²) < 4.78 is 1.71. The van der Waals surface area contributed by atoms with Crippen molar-refractivity contribution >= 4 is 33.8 Å². The van der Waals surface area contributed by atoms with Crippen LogP contribution in [-0.4, -0.2) is 33.9 Å². The number of rotatable bonds is 2. The van der Waals surface area contributed by atoms with Crippen LogP contribution in [0.3, 0.4) is 0 Å². The zero-order valence-corrected chi connectivity index (χ0v) is 15.3. The van der Waals surface area contributed by atoms with Crippen molar-refractivity contribution in [3.63, 3.8) is 0 Å². The van der Waals surface area contributed by atoms with E-state index in [9.17, 15) is 9.90 Å². The summed E-state index contributed by atoms with van der Waals surface area (Å²) in [7, 11) is 1.84. The Morgan fingerprint density at radius 2 is 2.08 bits per heavy atom. The summed E-state index contributed by atoms with van der Waals surface area (Å²) >= 11 is 1.76. The molecule has 5 rings (SSSR count). The lowest BCUT2D eigenvalue weighted by molar-refractivity contribution is 0.0996. The topological polar surface area (TPSA) is 70.4 Å². The number of amides is 1. The number of fused-ring (bicyclic) bond motifs is 2. The van der Waals surface area contributed by atoms with Crippen molar-refractivity contribution in [1.82, 2.24) is 15.1 Å². The van der Waals surface area contributed by atoms with E-state index in [1.807, 2.05) is 19.3 Å². The van der Waals surface area contributed by atoms with E-state index in [-0.39, 0.29) is 11.7 Å². The van der Waals surface area contributed by atoms with Crippen LogP contribution in [0.25, 0.3) is 10.9 Å². The molecule has 0 atom stereocenters. The number of hydrogen-bond acceptors (Lipinski definition) is 5. The van der Waals surface area contributed by atoms with Crippen molar-refractivity contribution in [1.29, 1.82) is 0 Å². The maximum Gasteiger partial charge on any atom is 0.259 e. The molecule has 2 N–H and O–H groups in total. The third-order valence-corrected chi connectivity index (χ3v) is 6.64. The van der Waals surface area contributed by atoms with Crippen LogP contribution >= 0.6 is 11.3 Å². The van der Waals surface area contributed by atoms with Crippen molar-refractivity contribution < 1.29 is 9.90 Å². The van der Waals surface area contributed by atoms with E-state index in [1.165, 1.54) is 4.88 Å². The fourth-order valence-electron chi connectivity index (χ4n) is 4.00. The Morgan fingerprint density at radius 3 is 2.85 bits per heavy atom. The summed E-state index contributed by atoms with van der Waals surface area (Å²) in [6, 6.07) is 5.56. The number of hydrogen-bond donors (Lipinski definition) is 2. The van der Waals surface area contributed by atoms with Crippen molar-refractivity contribution in [2.45, 2.75) is 25.3 Å². The third kappa shape index (κ3) is 2.42. The van der Waals surface area contributed by atoms with Crippen LogP contribution in [0.4, 0.5) is 5.69 Å². The fourth-order valence-corrected chi connectivity index (χ4v) is 5.31. The molecule has 0 unspecified atom stereocenters. The number of nitrogens with one attached hydrogen (secondary N) is 1. The zero-order chi connectivity index (χ0) is 17.8. The lowest BCUT2D eigenvalue weighted by Gasteiger charge is -2.22. The number of aryl methyl sites for hydroxylation is 1. The Kier molecular flexibility index (Phi) is 3.55. The molecule has 26 heavy (non-hydrogen) atoms. The maximum absolute atomic E-state index is 13.0. The van der Waals surface area contributed by atoms with Crippen molar-refractivity contribution in [2.24, 2.45) is 7.05 Å². The van der Waals surface area contributed by atoms with Crippen LogP contribution in [0, 0.1) is 0 Å². The third-order valence-electron chi connectivity index (χ3n) is 5.35. The first-order valence-corrected chi connectivity index (χ1v) is 9.73. The molecule has 4 heterocycles. The van der Waals surface area contributed by atoms with Crippen molar-refractivity contribution in [2.75, 3.05) is 18.0 Å².